The number of rotatable bonds is 5. The number of fused-ring (bicyclic) bond motifs is 3. The van der Waals surface area contributed by atoms with E-state index in [1.54, 1.807) is 12.4 Å². The van der Waals surface area contributed by atoms with E-state index in [4.69, 9.17) is 4.74 Å². The summed E-state index contributed by atoms with van der Waals surface area (Å²) in [5.74, 6) is 0.675. The van der Waals surface area contributed by atoms with Crippen molar-refractivity contribution in [1.29, 1.82) is 0 Å². The molecule has 0 radical (unpaired) electrons. The first-order valence-electron chi connectivity index (χ1n) is 11.7. The molecule has 8 nitrogen and oxygen atoms in total. The summed E-state index contributed by atoms with van der Waals surface area (Å²) in [7, 11) is 0. The smallest absolute Gasteiger partial charge is 0.243 e. The van der Waals surface area contributed by atoms with E-state index < -0.39 is 0 Å². The summed E-state index contributed by atoms with van der Waals surface area (Å²) >= 11 is 0. The minimum atomic E-state index is -0.251. The molecule has 32 heavy (non-hydrogen) atoms. The van der Waals surface area contributed by atoms with Crippen LogP contribution in [-0.2, 0) is 16.1 Å². The summed E-state index contributed by atoms with van der Waals surface area (Å²) in [6.07, 6.45) is 12.6. The minimum Gasteiger partial charge on any atom is -0.372 e. The molecule has 2 bridgehead atoms. The maximum absolute atomic E-state index is 12.9. The van der Waals surface area contributed by atoms with Gasteiger partial charge in [-0.1, -0.05) is 6.07 Å². The number of ether oxygens (including phenoxy) is 1. The Morgan fingerprint density at radius 3 is 2.81 bits per heavy atom. The normalized spacial score (nSPS) is 33.9. The number of carbonyl (C=O) groups excluding carboxylic acids is 1. The molecule has 1 saturated carbocycles. The van der Waals surface area contributed by atoms with E-state index >= 15 is 0 Å². The van der Waals surface area contributed by atoms with E-state index in [2.05, 4.69) is 37.1 Å². The summed E-state index contributed by atoms with van der Waals surface area (Å²) in [4.78, 5) is 24.1. The van der Waals surface area contributed by atoms with Crippen LogP contribution in [0.25, 0.3) is 0 Å². The number of hydrogen-bond donors (Lipinski definition) is 3. The molecule has 2 aromatic rings. The lowest BCUT2D eigenvalue weighted by Gasteiger charge is -2.47. The standard InChI is InChI=1S/C24H30N6O2/c31-24(27-18-2-1-5-25-11-18)23-21-7-16(3-4-22(21)28-29-23)17-6-15(9-26-10-17)12-30-13-19-8-20(14-30)32-19/h1-2,5-6,9-11,16,19-23,28-29H,3-4,7-8,12-14H2,(H,27,31). The van der Waals surface area contributed by atoms with Crippen LogP contribution in [-0.4, -0.2) is 58.2 Å². The van der Waals surface area contributed by atoms with Gasteiger partial charge in [0.2, 0.25) is 5.91 Å². The van der Waals surface area contributed by atoms with Crippen molar-refractivity contribution in [3.8, 4) is 0 Å². The largest absolute Gasteiger partial charge is 0.372 e. The first-order valence-corrected chi connectivity index (χ1v) is 11.7. The monoisotopic (exact) mass is 434 g/mol. The van der Waals surface area contributed by atoms with Crippen LogP contribution in [0.5, 0.6) is 0 Å². The Balaban J connectivity index is 1.12. The van der Waals surface area contributed by atoms with Crippen LogP contribution in [0.1, 0.15) is 42.7 Å². The highest BCUT2D eigenvalue weighted by Crippen LogP contribution is 2.40. The van der Waals surface area contributed by atoms with Gasteiger partial charge in [-0.25, -0.2) is 5.43 Å². The Morgan fingerprint density at radius 1 is 1.12 bits per heavy atom. The number of nitrogens with zero attached hydrogens (tertiary/aromatic N) is 3. The van der Waals surface area contributed by atoms with Crippen molar-refractivity contribution in [2.75, 3.05) is 18.4 Å². The molecule has 4 saturated heterocycles. The van der Waals surface area contributed by atoms with Crippen molar-refractivity contribution in [1.82, 2.24) is 25.7 Å². The molecule has 5 fully saturated rings. The number of amides is 1. The van der Waals surface area contributed by atoms with E-state index in [0.29, 0.717) is 24.2 Å². The molecule has 5 aliphatic rings. The third-order valence-electron chi connectivity index (χ3n) is 7.49. The van der Waals surface area contributed by atoms with Gasteiger partial charge in [-0.05, 0) is 48.4 Å². The van der Waals surface area contributed by atoms with E-state index in [1.165, 1.54) is 17.5 Å². The fourth-order valence-electron chi connectivity index (χ4n) is 5.92. The molecular weight excluding hydrogens is 404 g/mol. The molecule has 0 aromatic carbocycles. The number of carbonyl (C=O) groups is 1. The third kappa shape index (κ3) is 4.03. The number of hydrazine groups is 1. The predicted molar refractivity (Wildman–Crippen MR) is 120 cm³/mol. The molecule has 2 aromatic heterocycles. The lowest BCUT2D eigenvalue weighted by molar-refractivity contribution is -0.182. The fourth-order valence-corrected chi connectivity index (χ4v) is 5.92. The van der Waals surface area contributed by atoms with Crippen molar-refractivity contribution in [2.45, 2.75) is 62.4 Å². The average molecular weight is 435 g/mol. The van der Waals surface area contributed by atoms with Gasteiger partial charge in [0.25, 0.3) is 0 Å². The van der Waals surface area contributed by atoms with Gasteiger partial charge >= 0.3 is 0 Å². The summed E-state index contributed by atoms with van der Waals surface area (Å²) < 4.78 is 5.76. The van der Waals surface area contributed by atoms with Crippen LogP contribution >= 0.6 is 0 Å². The molecular formula is C24H30N6O2. The van der Waals surface area contributed by atoms with Crippen LogP contribution in [0.4, 0.5) is 5.69 Å². The fraction of sp³-hybridized carbons (Fsp3) is 0.542. The third-order valence-corrected chi connectivity index (χ3v) is 7.49. The van der Waals surface area contributed by atoms with Crippen molar-refractivity contribution < 1.29 is 9.53 Å². The van der Waals surface area contributed by atoms with Crippen molar-refractivity contribution in [2.24, 2.45) is 5.92 Å². The zero-order chi connectivity index (χ0) is 21.5. The van der Waals surface area contributed by atoms with Gasteiger partial charge in [-0.15, -0.1) is 0 Å². The SMILES string of the molecule is O=C(Nc1cccnc1)C1NNC2CCC(c3cncc(CN4CC5CC(C4)O5)c3)CC21. The second-order valence-corrected chi connectivity index (χ2v) is 9.71. The zero-order valence-electron chi connectivity index (χ0n) is 18.1. The van der Waals surface area contributed by atoms with E-state index in [9.17, 15) is 4.79 Å². The molecule has 6 heterocycles. The van der Waals surface area contributed by atoms with Gasteiger partial charge in [0.15, 0.2) is 0 Å². The van der Waals surface area contributed by atoms with Crippen molar-refractivity contribution >= 4 is 11.6 Å². The number of morpholine rings is 1. The average Bonchev–Trinajstić information content (AvgIpc) is 3.23. The molecule has 6 atom stereocenters. The molecule has 1 amide bonds. The molecule has 4 aliphatic heterocycles. The predicted octanol–water partition coefficient (Wildman–Crippen LogP) is 1.82. The Labute approximate surface area is 188 Å². The Bertz CT molecular complexity index is 956. The molecule has 0 spiro atoms. The maximum atomic E-state index is 12.9. The van der Waals surface area contributed by atoms with Crippen LogP contribution < -0.4 is 16.2 Å². The first-order chi connectivity index (χ1) is 15.7. The Morgan fingerprint density at radius 2 is 2.00 bits per heavy atom. The Kier molecular flexibility index (Phi) is 5.38. The van der Waals surface area contributed by atoms with E-state index in [-0.39, 0.29) is 17.9 Å². The number of piperidine rings is 1. The lowest BCUT2D eigenvalue weighted by atomic mass is 9.73. The number of pyridine rings is 2. The molecule has 8 heteroatoms. The van der Waals surface area contributed by atoms with Crippen LogP contribution in [0.15, 0.2) is 43.0 Å². The summed E-state index contributed by atoms with van der Waals surface area (Å²) in [5.41, 5.74) is 9.92. The lowest BCUT2D eigenvalue weighted by Crippen LogP contribution is -2.56. The van der Waals surface area contributed by atoms with E-state index in [0.717, 1.165) is 44.6 Å². The number of aromatic nitrogens is 2. The number of hydrogen-bond acceptors (Lipinski definition) is 7. The number of nitrogens with one attached hydrogen (secondary N) is 3. The van der Waals surface area contributed by atoms with Gasteiger partial charge in [0, 0.05) is 56.6 Å². The van der Waals surface area contributed by atoms with Crippen LogP contribution in [0.3, 0.4) is 0 Å². The Hall–Kier alpha value is -2.39. The van der Waals surface area contributed by atoms with Gasteiger partial charge in [-0.2, -0.15) is 0 Å². The van der Waals surface area contributed by atoms with Crippen molar-refractivity contribution in [3.05, 3.63) is 54.1 Å². The second kappa shape index (κ2) is 8.51. The highest BCUT2D eigenvalue weighted by Gasteiger charge is 2.44. The molecule has 3 N–H and O–H groups in total. The van der Waals surface area contributed by atoms with Crippen LogP contribution in [0.2, 0.25) is 0 Å². The minimum absolute atomic E-state index is 0.00333. The highest BCUT2D eigenvalue weighted by molar-refractivity contribution is 5.95. The van der Waals surface area contributed by atoms with Gasteiger partial charge < -0.3 is 10.1 Å². The first kappa shape index (κ1) is 20.2. The molecule has 6 unspecified atom stereocenters. The van der Waals surface area contributed by atoms with Crippen LogP contribution in [0, 0.1) is 5.92 Å². The van der Waals surface area contributed by atoms with Gasteiger partial charge in [-0.3, -0.25) is 25.1 Å². The number of anilines is 1. The zero-order valence-corrected chi connectivity index (χ0v) is 18.1. The topological polar surface area (TPSA) is 91.4 Å². The maximum Gasteiger partial charge on any atom is 0.243 e. The summed E-state index contributed by atoms with van der Waals surface area (Å²) in [5, 5.41) is 3.00. The highest BCUT2D eigenvalue weighted by atomic mass is 16.5. The molecule has 7 rings (SSSR count). The van der Waals surface area contributed by atoms with Gasteiger partial charge in [0.1, 0.15) is 6.04 Å². The summed E-state index contributed by atoms with van der Waals surface area (Å²) in [6, 6.07) is 6.10. The molecule has 1 aliphatic carbocycles. The molecule has 168 valence electrons. The summed E-state index contributed by atoms with van der Waals surface area (Å²) in [6.45, 7) is 2.99. The van der Waals surface area contributed by atoms with Gasteiger partial charge in [0.05, 0.1) is 24.1 Å². The second-order valence-electron chi connectivity index (χ2n) is 9.71. The quantitative estimate of drug-likeness (QED) is 0.661. The van der Waals surface area contributed by atoms with Crippen molar-refractivity contribution in [3.63, 3.8) is 0 Å². The van der Waals surface area contributed by atoms with E-state index in [1.807, 2.05) is 24.5 Å².